The van der Waals surface area contributed by atoms with Crippen LogP contribution >= 0.6 is 27.5 Å². The van der Waals surface area contributed by atoms with Gasteiger partial charge in [0.1, 0.15) is 16.1 Å². The molecule has 0 aliphatic rings. The number of aromatic nitrogens is 1. The summed E-state index contributed by atoms with van der Waals surface area (Å²) in [5.74, 6) is 1.69. The Bertz CT molecular complexity index is 534. The van der Waals surface area contributed by atoms with Crippen molar-refractivity contribution in [1.82, 2.24) is 4.98 Å². The van der Waals surface area contributed by atoms with Gasteiger partial charge in [0.15, 0.2) is 0 Å². The Labute approximate surface area is 112 Å². The van der Waals surface area contributed by atoms with E-state index >= 15 is 0 Å². The monoisotopic (exact) mass is 313 g/mol. The zero-order chi connectivity index (χ0) is 12.3. The number of hydrogen-bond acceptors (Lipinski definition) is 3. The number of ether oxygens (including phenoxy) is 2. The van der Waals surface area contributed by atoms with Gasteiger partial charge in [-0.2, -0.15) is 0 Å². The third-order valence-electron chi connectivity index (χ3n) is 2.03. The topological polar surface area (TPSA) is 31.4 Å². The van der Waals surface area contributed by atoms with Crippen LogP contribution in [0.15, 0.2) is 41.0 Å². The number of methoxy groups -OCH3 is 1. The van der Waals surface area contributed by atoms with Crippen molar-refractivity contribution >= 4 is 27.5 Å². The predicted molar refractivity (Wildman–Crippen MR) is 70.0 cm³/mol. The van der Waals surface area contributed by atoms with E-state index < -0.39 is 0 Å². The van der Waals surface area contributed by atoms with Crippen molar-refractivity contribution in [3.63, 3.8) is 0 Å². The molecule has 2 rings (SSSR count). The van der Waals surface area contributed by atoms with Gasteiger partial charge in [0.05, 0.1) is 12.1 Å². The van der Waals surface area contributed by atoms with Gasteiger partial charge in [-0.3, -0.25) is 0 Å². The fraction of sp³-hybridized carbons (Fsp3) is 0.0833. The molecule has 0 radical (unpaired) electrons. The number of pyridine rings is 1. The molecule has 3 nitrogen and oxygen atoms in total. The fourth-order valence-electron chi connectivity index (χ4n) is 1.27. The molecule has 1 aromatic heterocycles. The van der Waals surface area contributed by atoms with Gasteiger partial charge in [0, 0.05) is 12.1 Å². The first kappa shape index (κ1) is 12.2. The zero-order valence-corrected chi connectivity index (χ0v) is 11.3. The molecule has 1 heterocycles. The van der Waals surface area contributed by atoms with E-state index in [1.54, 1.807) is 31.4 Å². The summed E-state index contributed by atoms with van der Waals surface area (Å²) in [6.45, 7) is 0. The lowest BCUT2D eigenvalue weighted by Crippen LogP contribution is -1.89. The Morgan fingerprint density at radius 3 is 2.76 bits per heavy atom. The lowest BCUT2D eigenvalue weighted by molar-refractivity contribution is 0.407. The van der Waals surface area contributed by atoms with E-state index in [2.05, 4.69) is 20.9 Å². The molecule has 88 valence electrons. The van der Waals surface area contributed by atoms with Crippen LogP contribution in [0.3, 0.4) is 0 Å². The van der Waals surface area contributed by atoms with Crippen LogP contribution in [0, 0.1) is 0 Å². The third-order valence-corrected chi connectivity index (χ3v) is 2.79. The molecule has 0 spiro atoms. The van der Waals surface area contributed by atoms with Gasteiger partial charge in [-0.15, -0.1) is 0 Å². The van der Waals surface area contributed by atoms with Crippen molar-refractivity contribution < 1.29 is 9.47 Å². The summed E-state index contributed by atoms with van der Waals surface area (Å²) in [7, 11) is 1.56. The standard InChI is InChI=1S/C12H9BrClNO2/c1-16-10-7-8(5-6-9(10)14)17-12-4-2-3-11(13)15-12/h2-7H,1H3. The lowest BCUT2D eigenvalue weighted by atomic mass is 10.3. The highest BCUT2D eigenvalue weighted by molar-refractivity contribution is 9.10. The maximum Gasteiger partial charge on any atom is 0.220 e. The number of halogens is 2. The first-order valence-electron chi connectivity index (χ1n) is 4.83. The Balaban J connectivity index is 2.24. The van der Waals surface area contributed by atoms with Crippen LogP contribution in [0.5, 0.6) is 17.4 Å². The second-order valence-corrected chi connectivity index (χ2v) is 4.42. The Hall–Kier alpha value is -1.26. The molecular formula is C12H9BrClNO2. The van der Waals surface area contributed by atoms with Crippen LogP contribution in [-0.2, 0) is 0 Å². The van der Waals surface area contributed by atoms with Gasteiger partial charge in [0.2, 0.25) is 5.88 Å². The molecule has 0 N–H and O–H groups in total. The van der Waals surface area contributed by atoms with E-state index in [-0.39, 0.29) is 0 Å². The molecule has 17 heavy (non-hydrogen) atoms. The van der Waals surface area contributed by atoms with Crippen LogP contribution in [0.25, 0.3) is 0 Å². The van der Waals surface area contributed by atoms with Crippen LogP contribution in [0.1, 0.15) is 0 Å². The minimum atomic E-state index is 0.503. The van der Waals surface area contributed by atoms with Gasteiger partial charge in [0.25, 0.3) is 0 Å². The van der Waals surface area contributed by atoms with E-state index in [9.17, 15) is 0 Å². The second kappa shape index (κ2) is 5.38. The number of benzene rings is 1. The minimum Gasteiger partial charge on any atom is -0.495 e. The molecule has 0 saturated heterocycles. The average molecular weight is 315 g/mol. The fourth-order valence-corrected chi connectivity index (χ4v) is 1.79. The normalized spacial score (nSPS) is 10.1. The maximum absolute atomic E-state index is 5.92. The summed E-state index contributed by atoms with van der Waals surface area (Å²) >= 11 is 9.20. The summed E-state index contributed by atoms with van der Waals surface area (Å²) in [6.07, 6.45) is 0. The highest BCUT2D eigenvalue weighted by Gasteiger charge is 2.04. The van der Waals surface area contributed by atoms with Crippen LogP contribution in [-0.4, -0.2) is 12.1 Å². The van der Waals surface area contributed by atoms with Gasteiger partial charge < -0.3 is 9.47 Å². The van der Waals surface area contributed by atoms with Gasteiger partial charge in [-0.05, 0) is 34.1 Å². The van der Waals surface area contributed by atoms with E-state index in [0.29, 0.717) is 22.4 Å². The van der Waals surface area contributed by atoms with E-state index in [4.69, 9.17) is 21.1 Å². The molecule has 2 aromatic rings. The number of hydrogen-bond donors (Lipinski definition) is 0. The first-order chi connectivity index (χ1) is 8.19. The maximum atomic E-state index is 5.92. The smallest absolute Gasteiger partial charge is 0.220 e. The number of rotatable bonds is 3. The van der Waals surface area contributed by atoms with Crippen molar-refractivity contribution in [1.29, 1.82) is 0 Å². The van der Waals surface area contributed by atoms with E-state index in [0.717, 1.165) is 4.60 Å². The van der Waals surface area contributed by atoms with Crippen molar-refractivity contribution in [2.24, 2.45) is 0 Å². The molecule has 0 saturated carbocycles. The quantitative estimate of drug-likeness (QED) is 0.792. The minimum absolute atomic E-state index is 0.503. The molecular weight excluding hydrogens is 305 g/mol. The Kier molecular flexibility index (Phi) is 3.86. The Morgan fingerprint density at radius 2 is 2.06 bits per heavy atom. The summed E-state index contributed by atoms with van der Waals surface area (Å²) < 4.78 is 11.4. The van der Waals surface area contributed by atoms with Crippen molar-refractivity contribution in [2.45, 2.75) is 0 Å². The van der Waals surface area contributed by atoms with E-state index in [1.807, 2.05) is 12.1 Å². The molecule has 0 unspecified atom stereocenters. The molecule has 0 aliphatic carbocycles. The van der Waals surface area contributed by atoms with Crippen LogP contribution in [0.4, 0.5) is 0 Å². The first-order valence-corrected chi connectivity index (χ1v) is 6.00. The molecule has 1 aromatic carbocycles. The second-order valence-electron chi connectivity index (χ2n) is 3.20. The molecule has 5 heteroatoms. The molecule has 0 atom stereocenters. The van der Waals surface area contributed by atoms with Gasteiger partial charge in [-0.1, -0.05) is 17.7 Å². The lowest BCUT2D eigenvalue weighted by Gasteiger charge is -2.07. The summed E-state index contributed by atoms with van der Waals surface area (Å²) in [5, 5.41) is 0.544. The molecule has 0 amide bonds. The summed E-state index contributed by atoms with van der Waals surface area (Å²) in [5.41, 5.74) is 0. The largest absolute Gasteiger partial charge is 0.495 e. The summed E-state index contributed by atoms with van der Waals surface area (Å²) in [4.78, 5) is 4.17. The molecule has 0 aliphatic heterocycles. The average Bonchev–Trinajstić information content (AvgIpc) is 2.32. The highest BCUT2D eigenvalue weighted by atomic mass is 79.9. The van der Waals surface area contributed by atoms with Crippen LogP contribution in [0.2, 0.25) is 5.02 Å². The highest BCUT2D eigenvalue weighted by Crippen LogP contribution is 2.30. The zero-order valence-electron chi connectivity index (χ0n) is 8.98. The predicted octanol–water partition coefficient (Wildman–Crippen LogP) is 4.30. The SMILES string of the molecule is COc1cc(Oc2cccc(Br)n2)ccc1Cl. The summed E-state index contributed by atoms with van der Waals surface area (Å²) in [6, 6.07) is 10.6. The van der Waals surface area contributed by atoms with Crippen LogP contribution < -0.4 is 9.47 Å². The third kappa shape index (κ3) is 3.11. The Morgan fingerprint density at radius 1 is 1.24 bits per heavy atom. The van der Waals surface area contributed by atoms with Crippen molar-refractivity contribution in [3.8, 4) is 17.4 Å². The van der Waals surface area contributed by atoms with Gasteiger partial charge >= 0.3 is 0 Å². The molecule has 0 bridgehead atoms. The van der Waals surface area contributed by atoms with Crippen molar-refractivity contribution in [2.75, 3.05) is 7.11 Å². The van der Waals surface area contributed by atoms with Gasteiger partial charge in [-0.25, -0.2) is 4.98 Å². The van der Waals surface area contributed by atoms with Crippen molar-refractivity contribution in [3.05, 3.63) is 46.0 Å². The van der Waals surface area contributed by atoms with E-state index in [1.165, 1.54) is 0 Å². The number of nitrogens with zero attached hydrogens (tertiary/aromatic N) is 1. The molecule has 0 fully saturated rings.